The molecule has 0 aliphatic heterocycles. The Morgan fingerprint density at radius 3 is 1.33 bits per heavy atom. The second-order valence-electron chi connectivity index (χ2n) is 10.3. The van der Waals surface area contributed by atoms with Crippen LogP contribution < -0.4 is 0 Å². The first-order chi connectivity index (χ1) is 12.3. The van der Waals surface area contributed by atoms with Crippen LogP contribution in [0.4, 0.5) is 0 Å². The Morgan fingerprint density at radius 2 is 1.04 bits per heavy atom. The van der Waals surface area contributed by atoms with Gasteiger partial charge in [-0.2, -0.15) is 0 Å². The average Bonchev–Trinajstić information content (AvgIpc) is 2.53. The van der Waals surface area contributed by atoms with Crippen LogP contribution in [-0.2, 0) is 15.7 Å². The molecule has 0 aromatic carbocycles. The van der Waals surface area contributed by atoms with Gasteiger partial charge in [-0.25, -0.2) is 0 Å². The second kappa shape index (κ2) is 13.1. The summed E-state index contributed by atoms with van der Waals surface area (Å²) in [5.41, 5.74) is 0.686. The number of unbranched alkanes of at least 4 members (excludes halogenated alkanes) is 2. The summed E-state index contributed by atoms with van der Waals surface area (Å²) in [6.45, 7) is 17.2. The van der Waals surface area contributed by atoms with Gasteiger partial charge < -0.3 is 0 Å². The van der Waals surface area contributed by atoms with Crippen LogP contribution in [0, 0.1) is 22.7 Å². The van der Waals surface area contributed by atoms with Gasteiger partial charge in [0.05, 0.1) is 0 Å². The molecule has 0 fully saturated rings. The summed E-state index contributed by atoms with van der Waals surface area (Å²) in [4.78, 5) is 24.0. The molecule has 0 aromatic heterocycles. The van der Waals surface area contributed by atoms with Gasteiger partial charge in [-0.15, -0.1) is 0 Å². The molecule has 158 valence electrons. The van der Waals surface area contributed by atoms with Crippen LogP contribution in [-0.4, -0.2) is 33.9 Å². The molecule has 2 atom stereocenters. The second-order valence-corrected chi connectivity index (χ2v) is 12.0. The monoisotopic (exact) mass is 490 g/mol. The zero-order valence-electron chi connectivity index (χ0n) is 18.9. The van der Waals surface area contributed by atoms with Crippen molar-refractivity contribution >= 4 is 33.9 Å². The Hall–Kier alpha value is -0.261. The van der Waals surface area contributed by atoms with Crippen molar-refractivity contribution in [3.63, 3.8) is 0 Å². The van der Waals surface area contributed by atoms with Crippen molar-refractivity contribution in [2.45, 2.75) is 107 Å². The number of carbonyl (C=O) groups is 2. The number of carbonyl (C=O) groups excluding carboxylic acids is 2. The summed E-state index contributed by atoms with van der Waals surface area (Å²) in [7, 11) is 0. The van der Waals surface area contributed by atoms with Crippen LogP contribution in [0.15, 0.2) is 0 Å². The topological polar surface area (TPSA) is 52.6 Å². The van der Waals surface area contributed by atoms with Crippen LogP contribution >= 0.6 is 0 Å². The van der Waals surface area contributed by atoms with E-state index in [9.17, 15) is 9.59 Å². The quantitative estimate of drug-likeness (QED) is 0.246. The molecule has 0 amide bonds. The van der Waals surface area contributed by atoms with E-state index in [1.807, 2.05) is 13.8 Å². The molecule has 5 heteroatoms. The number of rotatable bonds is 12. The molecule has 0 spiro atoms. The molecule has 0 heterocycles. The molecule has 27 heavy (non-hydrogen) atoms. The third-order valence-electron chi connectivity index (χ3n) is 4.72. The van der Waals surface area contributed by atoms with Gasteiger partial charge in [0.1, 0.15) is 0 Å². The van der Waals surface area contributed by atoms with Gasteiger partial charge in [-0.3, -0.25) is 0 Å². The van der Waals surface area contributed by atoms with Crippen molar-refractivity contribution in [1.29, 1.82) is 0 Å². The Balaban J connectivity index is 3.86. The Labute approximate surface area is 178 Å². The standard InChI is InChI=1S/2C11H22O2.Sn/c2*1-9(10(12)13)7-5-6-8-11(2,3)4;/h2*9H,5-8H2,1-4H3,(H,12,13);/q;;+2/p-2. The Kier molecular flexibility index (Phi) is 12.9. The van der Waals surface area contributed by atoms with Crippen molar-refractivity contribution in [2.75, 3.05) is 0 Å². The molecule has 4 nitrogen and oxygen atoms in total. The molecular formula is C22H42O4Sn. The maximum atomic E-state index is 12.0. The van der Waals surface area contributed by atoms with E-state index in [0.29, 0.717) is 10.8 Å². The summed E-state index contributed by atoms with van der Waals surface area (Å²) < 4.78 is 10.6. The fourth-order valence-electron chi connectivity index (χ4n) is 2.75. The maximum absolute atomic E-state index is 12.0. The molecule has 0 bridgehead atoms. The van der Waals surface area contributed by atoms with Crippen LogP contribution in [0.1, 0.15) is 107 Å². The number of hydrogen-bond acceptors (Lipinski definition) is 4. The first kappa shape index (κ1) is 26.7. The Morgan fingerprint density at radius 1 is 0.704 bits per heavy atom. The van der Waals surface area contributed by atoms with Gasteiger partial charge >= 0.3 is 179 Å². The van der Waals surface area contributed by atoms with Gasteiger partial charge in [0.2, 0.25) is 0 Å². The molecule has 0 aliphatic carbocycles. The van der Waals surface area contributed by atoms with Gasteiger partial charge in [0.25, 0.3) is 0 Å². The van der Waals surface area contributed by atoms with E-state index >= 15 is 0 Å². The van der Waals surface area contributed by atoms with Gasteiger partial charge in [-0.05, 0) is 0 Å². The summed E-state index contributed by atoms with van der Waals surface area (Å²) in [5.74, 6) is -0.634. The average molecular weight is 489 g/mol. The van der Waals surface area contributed by atoms with Gasteiger partial charge in [0, 0.05) is 0 Å². The minimum atomic E-state index is -1.86. The summed E-state index contributed by atoms with van der Waals surface area (Å²) in [6, 6.07) is 0. The van der Waals surface area contributed by atoms with Crippen LogP contribution in [0.3, 0.4) is 0 Å². The van der Waals surface area contributed by atoms with Crippen molar-refractivity contribution in [1.82, 2.24) is 0 Å². The van der Waals surface area contributed by atoms with E-state index in [2.05, 4.69) is 41.5 Å². The third-order valence-corrected chi connectivity index (χ3v) is 6.34. The normalized spacial score (nSPS) is 14.5. The molecule has 2 radical (unpaired) electrons. The van der Waals surface area contributed by atoms with Crippen LogP contribution in [0.25, 0.3) is 0 Å². The van der Waals surface area contributed by atoms with E-state index in [1.54, 1.807) is 0 Å². The van der Waals surface area contributed by atoms with Crippen molar-refractivity contribution in [2.24, 2.45) is 22.7 Å². The summed E-state index contributed by atoms with van der Waals surface area (Å²) in [6.07, 6.45) is 8.33. The van der Waals surface area contributed by atoms with Crippen molar-refractivity contribution in [3.05, 3.63) is 0 Å². The molecule has 0 saturated heterocycles. The van der Waals surface area contributed by atoms with Gasteiger partial charge in [-0.1, -0.05) is 0 Å². The molecule has 0 aliphatic rings. The van der Waals surface area contributed by atoms with Crippen LogP contribution in [0.2, 0.25) is 0 Å². The molecule has 0 saturated carbocycles. The van der Waals surface area contributed by atoms with E-state index in [0.717, 1.165) is 51.4 Å². The summed E-state index contributed by atoms with van der Waals surface area (Å²) >= 11 is -1.86. The fourth-order valence-corrected chi connectivity index (χ4v) is 4.49. The molecular weight excluding hydrogens is 447 g/mol. The molecule has 0 rings (SSSR count). The van der Waals surface area contributed by atoms with E-state index < -0.39 is 22.0 Å². The SMILES string of the molecule is CC(CCCCC(C)(C)C)C(=O)[O][Sn][O]C(=O)C(C)CCCCC(C)(C)C. The fraction of sp³-hybridized carbons (Fsp3) is 0.909. The number of hydrogen-bond donors (Lipinski definition) is 0. The third kappa shape index (κ3) is 16.4. The minimum absolute atomic E-state index is 0.112. The first-order valence-electron chi connectivity index (χ1n) is 10.5. The van der Waals surface area contributed by atoms with Gasteiger partial charge in [0.15, 0.2) is 0 Å². The van der Waals surface area contributed by atoms with E-state index in [1.165, 1.54) is 0 Å². The predicted molar refractivity (Wildman–Crippen MR) is 112 cm³/mol. The van der Waals surface area contributed by atoms with Crippen molar-refractivity contribution in [3.8, 4) is 0 Å². The Bertz CT molecular complexity index is 395. The molecule has 0 aromatic rings. The van der Waals surface area contributed by atoms with E-state index in [-0.39, 0.29) is 23.8 Å². The first-order valence-corrected chi connectivity index (χ1v) is 12.8. The predicted octanol–water partition coefficient (Wildman–Crippen LogP) is 6.09. The molecule has 0 N–H and O–H groups in total. The van der Waals surface area contributed by atoms with E-state index in [4.69, 9.17) is 6.15 Å². The summed E-state index contributed by atoms with van der Waals surface area (Å²) in [5, 5.41) is 0. The molecule has 2 unspecified atom stereocenters. The zero-order valence-corrected chi connectivity index (χ0v) is 21.8. The van der Waals surface area contributed by atoms with Crippen molar-refractivity contribution < 1.29 is 15.7 Å². The van der Waals surface area contributed by atoms with Crippen LogP contribution in [0.5, 0.6) is 0 Å². The zero-order chi connectivity index (χ0) is 21.1.